The van der Waals surface area contributed by atoms with Crippen molar-refractivity contribution in [1.82, 2.24) is 10.7 Å². The van der Waals surface area contributed by atoms with E-state index in [1.165, 1.54) is 6.21 Å². The summed E-state index contributed by atoms with van der Waals surface area (Å²) in [5, 5.41) is 9.62. The smallest absolute Gasteiger partial charge is 0.329 e. The second kappa shape index (κ2) is 12.3. The van der Waals surface area contributed by atoms with Crippen molar-refractivity contribution in [2.75, 3.05) is 11.9 Å². The molecule has 0 saturated carbocycles. The van der Waals surface area contributed by atoms with E-state index in [9.17, 15) is 14.4 Å². The van der Waals surface area contributed by atoms with Crippen LogP contribution in [0.15, 0.2) is 71.8 Å². The molecule has 0 spiro atoms. The number of carbonyl (C=O) groups excluding carboxylic acids is 3. The Morgan fingerprint density at radius 1 is 0.943 bits per heavy atom. The summed E-state index contributed by atoms with van der Waals surface area (Å²) in [6.07, 6.45) is 1.39. The zero-order chi connectivity index (χ0) is 25.2. The zero-order valence-electron chi connectivity index (χ0n) is 19.3. The van der Waals surface area contributed by atoms with E-state index in [0.29, 0.717) is 22.0 Å². The van der Waals surface area contributed by atoms with Crippen LogP contribution in [0.25, 0.3) is 0 Å². The Balaban J connectivity index is 1.41. The zero-order valence-corrected chi connectivity index (χ0v) is 20.1. The highest BCUT2D eigenvalue weighted by atomic mass is 35.5. The van der Waals surface area contributed by atoms with Crippen molar-refractivity contribution in [2.45, 2.75) is 20.4 Å². The number of rotatable bonds is 8. The molecule has 0 aliphatic carbocycles. The first-order valence-corrected chi connectivity index (χ1v) is 11.1. The minimum Gasteiger partial charge on any atom is -0.484 e. The number of hydrazone groups is 1. The van der Waals surface area contributed by atoms with Crippen LogP contribution in [0.1, 0.15) is 22.3 Å². The lowest BCUT2D eigenvalue weighted by Gasteiger charge is -2.10. The molecule has 9 heteroatoms. The van der Waals surface area contributed by atoms with Gasteiger partial charge in [-0.1, -0.05) is 47.5 Å². The van der Waals surface area contributed by atoms with Crippen molar-refractivity contribution in [3.8, 4) is 5.75 Å². The van der Waals surface area contributed by atoms with Crippen molar-refractivity contribution >= 4 is 41.2 Å². The second-order valence-corrected chi connectivity index (χ2v) is 8.17. The molecule has 0 radical (unpaired) electrons. The van der Waals surface area contributed by atoms with Crippen LogP contribution in [0.4, 0.5) is 5.69 Å². The maximum absolute atomic E-state index is 12.1. The van der Waals surface area contributed by atoms with Gasteiger partial charge in [-0.15, -0.1) is 0 Å². The first-order valence-electron chi connectivity index (χ1n) is 10.8. The number of hydrogen-bond donors (Lipinski definition) is 3. The van der Waals surface area contributed by atoms with Gasteiger partial charge in [-0.05, 0) is 66.9 Å². The number of aryl methyl sites for hydroxylation is 2. The van der Waals surface area contributed by atoms with E-state index < -0.39 is 11.8 Å². The predicted molar refractivity (Wildman–Crippen MR) is 136 cm³/mol. The van der Waals surface area contributed by atoms with Gasteiger partial charge in [-0.3, -0.25) is 14.4 Å². The van der Waals surface area contributed by atoms with Crippen LogP contribution in [0.3, 0.4) is 0 Å². The predicted octanol–water partition coefficient (Wildman–Crippen LogP) is 3.74. The summed E-state index contributed by atoms with van der Waals surface area (Å²) in [5.74, 6) is -1.48. The van der Waals surface area contributed by atoms with Gasteiger partial charge in [0.25, 0.3) is 5.91 Å². The van der Waals surface area contributed by atoms with Crippen LogP contribution in [0.5, 0.6) is 5.75 Å². The molecule has 0 saturated heterocycles. The second-order valence-electron chi connectivity index (χ2n) is 7.73. The van der Waals surface area contributed by atoms with E-state index in [1.807, 2.05) is 44.2 Å². The first kappa shape index (κ1) is 25.5. The first-order chi connectivity index (χ1) is 16.8. The van der Waals surface area contributed by atoms with Gasteiger partial charge in [-0.25, -0.2) is 5.43 Å². The summed E-state index contributed by atoms with van der Waals surface area (Å²) < 4.78 is 5.50. The van der Waals surface area contributed by atoms with Crippen LogP contribution in [0, 0.1) is 13.8 Å². The molecule has 180 valence electrons. The number of anilines is 1. The highest BCUT2D eigenvalue weighted by Crippen LogP contribution is 2.20. The number of carbonyl (C=O) groups is 3. The van der Waals surface area contributed by atoms with Gasteiger partial charge in [-0.2, -0.15) is 5.10 Å². The van der Waals surface area contributed by atoms with Crippen molar-refractivity contribution in [2.24, 2.45) is 5.10 Å². The molecule has 3 N–H and O–H groups in total. The van der Waals surface area contributed by atoms with Gasteiger partial charge in [0.1, 0.15) is 5.75 Å². The van der Waals surface area contributed by atoms with Crippen molar-refractivity contribution < 1.29 is 19.1 Å². The molecular weight excluding hydrogens is 468 g/mol. The average Bonchev–Trinajstić information content (AvgIpc) is 2.85. The molecule has 0 aliphatic heterocycles. The molecule has 0 aliphatic rings. The molecule has 3 rings (SSSR count). The maximum Gasteiger partial charge on any atom is 0.329 e. The van der Waals surface area contributed by atoms with E-state index >= 15 is 0 Å². The highest BCUT2D eigenvalue weighted by molar-refractivity contribution is 6.35. The molecule has 0 unspecified atom stereocenters. The Labute approximate surface area is 208 Å². The average molecular weight is 493 g/mol. The summed E-state index contributed by atoms with van der Waals surface area (Å²) in [7, 11) is 0. The van der Waals surface area contributed by atoms with E-state index in [1.54, 1.807) is 36.4 Å². The number of ether oxygens (including phenoxy) is 1. The van der Waals surface area contributed by atoms with E-state index in [2.05, 4.69) is 21.2 Å². The summed E-state index contributed by atoms with van der Waals surface area (Å²) in [5.41, 5.74) is 6.37. The molecule has 0 fully saturated rings. The minimum absolute atomic E-state index is 0.173. The Morgan fingerprint density at radius 3 is 2.37 bits per heavy atom. The minimum atomic E-state index is -0.866. The largest absolute Gasteiger partial charge is 0.484 e. The number of benzene rings is 3. The number of nitrogens with zero attached hydrogens (tertiary/aromatic N) is 1. The molecule has 0 aromatic heterocycles. The number of halogens is 1. The molecule has 0 bridgehead atoms. The van der Waals surface area contributed by atoms with Crippen molar-refractivity contribution in [1.29, 1.82) is 0 Å². The lowest BCUT2D eigenvalue weighted by molar-refractivity contribution is -0.139. The van der Waals surface area contributed by atoms with Crippen molar-refractivity contribution in [3.63, 3.8) is 0 Å². The fourth-order valence-electron chi connectivity index (χ4n) is 2.90. The molecular formula is C26H25ClN4O4. The van der Waals surface area contributed by atoms with Crippen LogP contribution >= 0.6 is 11.6 Å². The van der Waals surface area contributed by atoms with Crippen LogP contribution in [0.2, 0.25) is 5.02 Å². The van der Waals surface area contributed by atoms with Gasteiger partial charge in [0.05, 0.1) is 6.21 Å². The fourth-order valence-corrected chi connectivity index (χ4v) is 3.07. The van der Waals surface area contributed by atoms with E-state index in [0.717, 1.165) is 16.7 Å². The Morgan fingerprint density at radius 2 is 1.66 bits per heavy atom. The Bertz CT molecular complexity index is 1230. The van der Waals surface area contributed by atoms with Crippen LogP contribution in [-0.4, -0.2) is 30.5 Å². The number of nitrogens with one attached hydrogen (secondary N) is 3. The third kappa shape index (κ3) is 8.28. The number of hydrogen-bond acceptors (Lipinski definition) is 5. The summed E-state index contributed by atoms with van der Waals surface area (Å²) >= 11 is 5.96. The van der Waals surface area contributed by atoms with Crippen molar-refractivity contribution in [3.05, 3.63) is 94.0 Å². The molecule has 3 amide bonds. The maximum atomic E-state index is 12.1. The molecule has 8 nitrogen and oxygen atoms in total. The molecule has 3 aromatic carbocycles. The topological polar surface area (TPSA) is 109 Å². The van der Waals surface area contributed by atoms with Gasteiger partial charge in [0.15, 0.2) is 6.61 Å². The van der Waals surface area contributed by atoms with Gasteiger partial charge in [0.2, 0.25) is 0 Å². The third-order valence-electron chi connectivity index (χ3n) is 4.88. The quantitative estimate of drug-likeness (QED) is 0.253. The fraction of sp³-hybridized carbons (Fsp3) is 0.154. The summed E-state index contributed by atoms with van der Waals surface area (Å²) in [6, 6.07) is 19.6. The third-order valence-corrected chi connectivity index (χ3v) is 5.12. The standard InChI is InChI=1S/C26H25ClN4O4/c1-17-3-6-19(7-4-17)14-28-25(33)26(34)31-29-15-20-8-11-22(12-9-20)35-16-24(32)30-23-13-21(27)10-5-18(23)2/h3-13,15H,14,16H2,1-2H3,(H,28,33)(H,30,32)(H,31,34)/b29-15-. The Kier molecular flexibility index (Phi) is 8.97. The molecule has 0 atom stereocenters. The molecule has 0 heterocycles. The van der Waals surface area contributed by atoms with Crippen LogP contribution < -0.4 is 20.8 Å². The highest BCUT2D eigenvalue weighted by Gasteiger charge is 2.12. The van der Waals surface area contributed by atoms with E-state index in [4.69, 9.17) is 16.3 Å². The Hall–Kier alpha value is -4.17. The monoisotopic (exact) mass is 492 g/mol. The van der Waals surface area contributed by atoms with Gasteiger partial charge >= 0.3 is 11.8 Å². The normalized spacial score (nSPS) is 10.6. The summed E-state index contributed by atoms with van der Waals surface area (Å²) in [6.45, 7) is 3.91. The SMILES string of the molecule is Cc1ccc(CNC(=O)C(=O)N/N=C\c2ccc(OCC(=O)Nc3cc(Cl)ccc3C)cc2)cc1. The van der Waals surface area contributed by atoms with Crippen LogP contribution in [-0.2, 0) is 20.9 Å². The van der Waals surface area contributed by atoms with Gasteiger partial charge < -0.3 is 15.4 Å². The number of amides is 3. The molecule has 35 heavy (non-hydrogen) atoms. The molecule has 3 aromatic rings. The van der Waals surface area contributed by atoms with E-state index in [-0.39, 0.29) is 19.1 Å². The summed E-state index contributed by atoms with van der Waals surface area (Å²) in [4.78, 5) is 35.9. The lowest BCUT2D eigenvalue weighted by atomic mass is 10.1. The van der Waals surface area contributed by atoms with Gasteiger partial charge in [0, 0.05) is 17.3 Å². The lowest BCUT2D eigenvalue weighted by Crippen LogP contribution is -2.37.